The van der Waals surface area contributed by atoms with Crippen LogP contribution in [0.2, 0.25) is 0 Å². The topological polar surface area (TPSA) is 37.3 Å². The number of aliphatic hydroxyl groups excluding tert-OH is 1. The fourth-order valence-corrected chi connectivity index (χ4v) is 3.10. The van der Waals surface area contributed by atoms with Gasteiger partial charge in [0.25, 0.3) is 0 Å². The molecule has 2 aromatic carbocycles. The molecule has 0 saturated carbocycles. The molecule has 0 aliphatic rings. The molecule has 0 fully saturated rings. The van der Waals surface area contributed by atoms with Gasteiger partial charge in [-0.1, -0.05) is 57.6 Å². The molecule has 0 atom stereocenters. The number of hydrogen-bond acceptors (Lipinski definition) is 3. The van der Waals surface area contributed by atoms with Gasteiger partial charge in [0.1, 0.15) is 5.78 Å². The number of aryl methyl sites for hydroxylation is 1. The Bertz CT molecular complexity index is 775. The zero-order valence-electron chi connectivity index (χ0n) is 11.6. The van der Waals surface area contributed by atoms with Crippen LogP contribution in [0.15, 0.2) is 42.5 Å². The van der Waals surface area contributed by atoms with Crippen LogP contribution in [0.5, 0.6) is 0 Å². The van der Waals surface area contributed by atoms with Crippen molar-refractivity contribution in [2.45, 2.75) is 13.5 Å². The van der Waals surface area contributed by atoms with E-state index >= 15 is 0 Å². The van der Waals surface area contributed by atoms with Crippen LogP contribution in [0.3, 0.4) is 0 Å². The maximum absolute atomic E-state index is 12.5. The maximum Gasteiger partial charge on any atom is 0.108 e. The van der Waals surface area contributed by atoms with Crippen LogP contribution in [-0.2, 0) is 39.3 Å². The summed E-state index contributed by atoms with van der Waals surface area (Å²) in [5, 5.41) is 13.1. The Labute approximate surface area is 152 Å². The number of rotatable bonds is 3. The maximum atomic E-state index is 12.5. The van der Waals surface area contributed by atoms with Gasteiger partial charge in [0.2, 0.25) is 0 Å². The van der Waals surface area contributed by atoms with E-state index in [2.05, 4.69) is 11.4 Å². The van der Waals surface area contributed by atoms with E-state index in [0.29, 0.717) is 11.1 Å². The van der Waals surface area contributed by atoms with Crippen LogP contribution in [0.25, 0.3) is 10.1 Å². The fraction of sp³-hybridized carbons (Fsp3) is 0.118. The molecule has 3 rings (SSSR count). The van der Waals surface area contributed by atoms with E-state index in [0.717, 1.165) is 15.6 Å². The molecule has 0 unspecified atom stereocenters. The molecule has 3 aromatic rings. The minimum Gasteiger partial charge on any atom is -0.392 e. The number of thiophene rings is 1. The molecule has 2 nitrogen and oxygen atoms in total. The summed E-state index contributed by atoms with van der Waals surface area (Å²) in [4.78, 5) is 12.5. The van der Waals surface area contributed by atoms with Gasteiger partial charge in [-0.25, -0.2) is 0 Å². The van der Waals surface area contributed by atoms with Crippen LogP contribution in [0, 0.1) is 12.3 Å². The minimum absolute atomic E-state index is 0. The Morgan fingerprint density at radius 2 is 1.90 bits per heavy atom. The Morgan fingerprint density at radius 3 is 2.57 bits per heavy atom. The summed E-state index contributed by atoms with van der Waals surface area (Å²) in [5.74, 6) is -0.0235. The average Bonchev–Trinajstić information content (AvgIpc) is 2.89. The molecule has 1 heterocycles. The van der Waals surface area contributed by atoms with Crippen LogP contribution >= 0.6 is 11.3 Å². The molecule has 1 aromatic heterocycles. The summed E-state index contributed by atoms with van der Waals surface area (Å²) in [6.07, 6.45) is 0. The Balaban J connectivity index is 0.00000161. The summed E-state index contributed by atoms with van der Waals surface area (Å²) >= 11 is 1.47. The standard InChI is InChI=1S/C17H13O2S.Y/c1-11-2-7-14-15(10-20-16(14)8-11)17(19)13-5-3-12(9-18)4-6-13;/h2-8,18H,9H2,1H3;/q-1;. The minimum atomic E-state index is -0.0235. The van der Waals surface area contributed by atoms with Crippen molar-refractivity contribution in [1.82, 2.24) is 0 Å². The zero-order chi connectivity index (χ0) is 14.1. The molecule has 0 spiro atoms. The number of hydrogen-bond donors (Lipinski definition) is 1. The fourth-order valence-electron chi connectivity index (χ4n) is 2.16. The summed E-state index contributed by atoms with van der Waals surface area (Å²) in [5.41, 5.74) is 3.23. The summed E-state index contributed by atoms with van der Waals surface area (Å²) < 4.78 is 1.08. The van der Waals surface area contributed by atoms with Gasteiger partial charge in [0.05, 0.1) is 6.61 Å². The predicted octanol–water partition coefficient (Wildman–Crippen LogP) is 3.73. The van der Waals surface area contributed by atoms with Gasteiger partial charge >= 0.3 is 0 Å². The molecule has 1 radical (unpaired) electrons. The molecule has 4 heteroatoms. The van der Waals surface area contributed by atoms with E-state index in [9.17, 15) is 4.79 Å². The van der Waals surface area contributed by atoms with Gasteiger partial charge in [-0.3, -0.25) is 11.3 Å². The molecule has 21 heavy (non-hydrogen) atoms. The van der Waals surface area contributed by atoms with Crippen molar-refractivity contribution >= 4 is 27.2 Å². The molecule has 0 saturated heterocycles. The third kappa shape index (κ3) is 3.32. The van der Waals surface area contributed by atoms with E-state index in [1.54, 1.807) is 24.3 Å². The quantitative estimate of drug-likeness (QED) is 0.564. The second-order valence-corrected chi connectivity index (χ2v) is 5.61. The van der Waals surface area contributed by atoms with Gasteiger partial charge in [-0.2, -0.15) is 0 Å². The molecular formula is C17H13O2SY-. The molecular weight excluding hydrogens is 357 g/mol. The van der Waals surface area contributed by atoms with E-state index < -0.39 is 0 Å². The molecule has 0 amide bonds. The number of benzene rings is 2. The summed E-state index contributed by atoms with van der Waals surface area (Å²) in [6.45, 7) is 2.02. The second kappa shape index (κ2) is 6.93. The third-order valence-corrected chi connectivity index (χ3v) is 4.16. The molecule has 1 N–H and O–H groups in total. The van der Waals surface area contributed by atoms with Gasteiger partial charge in [0.15, 0.2) is 0 Å². The largest absolute Gasteiger partial charge is 0.392 e. The zero-order valence-corrected chi connectivity index (χ0v) is 15.2. The van der Waals surface area contributed by atoms with E-state index in [-0.39, 0.29) is 45.1 Å². The Kier molecular flexibility index (Phi) is 5.45. The van der Waals surface area contributed by atoms with Gasteiger partial charge < -0.3 is 9.90 Å². The average molecular weight is 370 g/mol. The smallest absolute Gasteiger partial charge is 0.108 e. The normalized spacial score (nSPS) is 10.4. The van der Waals surface area contributed by atoms with E-state index in [1.807, 2.05) is 19.1 Å². The van der Waals surface area contributed by atoms with Crippen LogP contribution in [0.1, 0.15) is 27.0 Å². The van der Waals surface area contributed by atoms with Crippen molar-refractivity contribution in [1.29, 1.82) is 0 Å². The number of ketones is 1. The second-order valence-electron chi connectivity index (χ2n) is 4.76. The number of carbonyl (C=O) groups is 1. The van der Waals surface area contributed by atoms with E-state index in [4.69, 9.17) is 5.11 Å². The van der Waals surface area contributed by atoms with Crippen molar-refractivity contribution in [3.8, 4) is 0 Å². The first kappa shape index (κ1) is 16.5. The Morgan fingerprint density at radius 1 is 1.19 bits per heavy atom. The van der Waals surface area contributed by atoms with Gasteiger partial charge in [0, 0.05) is 32.7 Å². The van der Waals surface area contributed by atoms with Crippen molar-refractivity contribution in [2.24, 2.45) is 0 Å². The molecule has 103 valence electrons. The number of fused-ring (bicyclic) bond motifs is 1. The van der Waals surface area contributed by atoms with Crippen LogP contribution in [0.4, 0.5) is 0 Å². The number of aliphatic hydroxyl groups is 1. The van der Waals surface area contributed by atoms with Crippen molar-refractivity contribution in [2.75, 3.05) is 0 Å². The molecule has 0 bridgehead atoms. The molecule has 0 aliphatic carbocycles. The third-order valence-electron chi connectivity index (χ3n) is 3.30. The van der Waals surface area contributed by atoms with Crippen molar-refractivity contribution < 1.29 is 42.6 Å². The van der Waals surface area contributed by atoms with Crippen molar-refractivity contribution in [3.63, 3.8) is 0 Å². The first-order valence-corrected chi connectivity index (χ1v) is 7.16. The SMILES string of the molecule is Cc1ccc2c(C(=O)c3ccc(CO)cc3)[c-]sc2c1.[Y]. The first-order valence-electron chi connectivity index (χ1n) is 6.34. The van der Waals surface area contributed by atoms with Gasteiger partial charge in [-0.05, 0) is 18.1 Å². The van der Waals surface area contributed by atoms with Gasteiger partial charge in [-0.15, -0.1) is 11.5 Å². The van der Waals surface area contributed by atoms with Crippen molar-refractivity contribution in [3.05, 3.63) is 70.1 Å². The monoisotopic (exact) mass is 370 g/mol. The number of carbonyl (C=O) groups excluding carboxylic acids is 1. The van der Waals surface area contributed by atoms with Crippen LogP contribution < -0.4 is 0 Å². The van der Waals surface area contributed by atoms with E-state index in [1.165, 1.54) is 16.9 Å². The molecule has 0 aliphatic heterocycles. The van der Waals surface area contributed by atoms with Crippen LogP contribution in [-0.4, -0.2) is 10.9 Å². The Hall–Kier alpha value is -0.866. The predicted molar refractivity (Wildman–Crippen MR) is 81.2 cm³/mol. The summed E-state index contributed by atoms with van der Waals surface area (Å²) in [6, 6.07) is 13.1. The first-order chi connectivity index (χ1) is 9.69. The summed E-state index contributed by atoms with van der Waals surface area (Å²) in [7, 11) is 0.